The number of aliphatic hydroxyl groups excluding tert-OH is 1. The summed E-state index contributed by atoms with van der Waals surface area (Å²) >= 11 is 6.32. The number of amides is 1. The van der Waals surface area contributed by atoms with Crippen LogP contribution in [0, 0.1) is 23.7 Å². The van der Waals surface area contributed by atoms with Gasteiger partial charge in [0, 0.05) is 23.7 Å². The molecule has 2 aliphatic heterocycles. The molecule has 0 radical (unpaired) electrons. The highest BCUT2D eigenvalue weighted by Gasteiger charge is 2.38. The summed E-state index contributed by atoms with van der Waals surface area (Å²) in [7, 11) is -3.97. The van der Waals surface area contributed by atoms with E-state index in [0.717, 1.165) is 56.4 Å². The Hall–Kier alpha value is -2.55. The van der Waals surface area contributed by atoms with E-state index in [1.54, 1.807) is 18.2 Å². The Kier molecular flexibility index (Phi) is 10.1. The van der Waals surface area contributed by atoms with Gasteiger partial charge in [0.05, 0.1) is 17.0 Å². The summed E-state index contributed by atoms with van der Waals surface area (Å²) in [6.45, 7) is 7.72. The van der Waals surface area contributed by atoms with Crippen molar-refractivity contribution in [3.8, 4) is 5.75 Å². The van der Waals surface area contributed by atoms with Crippen LogP contribution >= 0.6 is 11.6 Å². The molecule has 2 bridgehead atoms. The normalized spacial score (nSPS) is 28.7. The lowest BCUT2D eigenvalue weighted by molar-refractivity contribution is 0.0461. The van der Waals surface area contributed by atoms with E-state index in [9.17, 15) is 18.3 Å². The number of aliphatic hydroxyl groups is 1. The number of carbonyl (C=O) groups excluding carboxylic acids is 1. The van der Waals surface area contributed by atoms with Gasteiger partial charge in [-0.25, -0.2) is 13.1 Å². The van der Waals surface area contributed by atoms with Crippen molar-refractivity contribution < 1.29 is 23.1 Å². The van der Waals surface area contributed by atoms with Crippen LogP contribution in [0.2, 0.25) is 5.02 Å². The van der Waals surface area contributed by atoms with Crippen molar-refractivity contribution in [2.75, 3.05) is 18.0 Å². The Labute approximate surface area is 261 Å². The van der Waals surface area contributed by atoms with Crippen LogP contribution in [0.4, 0.5) is 5.69 Å². The zero-order chi connectivity index (χ0) is 30.7. The standard InChI is InChI=1S/C34H45ClN2O5S/c1-22(2)17-33-23(3)7-6-9-31(38)29-14-11-26(29)20-37-16-5-4-8-24-18-28(35)13-10-27(24)21-42-32-15-12-25(19-30(32)37)34(39)36-43(33,40)41/h6,9-10,12-13,15,18-19,22-23,26,29,31,33,38H,4-5,7-8,11,14,16-17,20-21H2,1-3H3,(H,36,39)/b9-6+/t23-,26+,29-,31+,33+/m1/s1. The van der Waals surface area contributed by atoms with E-state index in [1.807, 2.05) is 51.1 Å². The summed E-state index contributed by atoms with van der Waals surface area (Å²) < 4.78 is 36.1. The lowest BCUT2D eigenvalue weighted by Gasteiger charge is -2.42. The Balaban J connectivity index is 1.54. The molecule has 0 unspecified atom stereocenters. The molecule has 1 amide bonds. The number of halogens is 1. The van der Waals surface area contributed by atoms with Gasteiger partial charge >= 0.3 is 0 Å². The fourth-order valence-corrected chi connectivity index (χ4v) is 8.84. The van der Waals surface area contributed by atoms with Crippen LogP contribution in [0.1, 0.15) is 80.8 Å². The summed E-state index contributed by atoms with van der Waals surface area (Å²) in [5.74, 6) is 0.356. The van der Waals surface area contributed by atoms with E-state index in [2.05, 4.69) is 9.62 Å². The molecule has 0 saturated heterocycles. The van der Waals surface area contributed by atoms with Gasteiger partial charge in [0.1, 0.15) is 12.4 Å². The van der Waals surface area contributed by atoms with Gasteiger partial charge in [-0.2, -0.15) is 0 Å². The molecule has 1 aliphatic carbocycles. The lowest BCUT2D eigenvalue weighted by atomic mass is 9.70. The van der Waals surface area contributed by atoms with Gasteiger partial charge in [-0.15, -0.1) is 0 Å². The number of anilines is 1. The number of rotatable bonds is 2. The Morgan fingerprint density at radius 1 is 1.12 bits per heavy atom. The number of allylic oxidation sites excluding steroid dienone is 1. The Bertz CT molecular complexity index is 1440. The highest BCUT2D eigenvalue weighted by atomic mass is 35.5. The summed E-state index contributed by atoms with van der Waals surface area (Å²) in [5, 5.41) is 11.1. The third-order valence-electron chi connectivity index (χ3n) is 9.42. The molecule has 5 rings (SSSR count). The fraction of sp³-hybridized carbons (Fsp3) is 0.559. The van der Waals surface area contributed by atoms with Crippen LogP contribution in [0.25, 0.3) is 0 Å². The maximum Gasteiger partial charge on any atom is 0.264 e. The number of benzene rings is 2. The molecule has 1 saturated carbocycles. The van der Waals surface area contributed by atoms with Crippen molar-refractivity contribution in [2.24, 2.45) is 23.7 Å². The Morgan fingerprint density at radius 2 is 1.93 bits per heavy atom. The second kappa shape index (κ2) is 13.6. The van der Waals surface area contributed by atoms with Crippen LogP contribution in [0.3, 0.4) is 0 Å². The first-order chi connectivity index (χ1) is 20.5. The molecule has 1 fully saturated rings. The molecule has 3 aliphatic rings. The summed E-state index contributed by atoms with van der Waals surface area (Å²) in [5.41, 5.74) is 3.31. The van der Waals surface area contributed by atoms with E-state index >= 15 is 0 Å². The van der Waals surface area contributed by atoms with Crippen molar-refractivity contribution in [1.82, 2.24) is 4.72 Å². The number of aryl methyl sites for hydroxylation is 1. The highest BCUT2D eigenvalue weighted by molar-refractivity contribution is 7.90. The van der Waals surface area contributed by atoms with Crippen molar-refractivity contribution in [3.05, 3.63) is 70.3 Å². The second-order valence-electron chi connectivity index (χ2n) is 13.1. The van der Waals surface area contributed by atoms with Gasteiger partial charge in [0.2, 0.25) is 10.0 Å². The molecule has 2 aromatic rings. The van der Waals surface area contributed by atoms with Gasteiger partial charge in [0.15, 0.2) is 0 Å². The van der Waals surface area contributed by atoms with Crippen LogP contribution in [-0.4, -0.2) is 43.9 Å². The molecule has 43 heavy (non-hydrogen) atoms. The van der Waals surface area contributed by atoms with Crippen molar-refractivity contribution in [2.45, 2.75) is 83.7 Å². The fourth-order valence-electron chi connectivity index (χ4n) is 6.75. The molecule has 234 valence electrons. The van der Waals surface area contributed by atoms with Gasteiger partial charge in [-0.3, -0.25) is 4.79 Å². The smallest absolute Gasteiger partial charge is 0.264 e. The molecular weight excluding hydrogens is 584 g/mol. The molecule has 2 heterocycles. The molecule has 0 aromatic heterocycles. The monoisotopic (exact) mass is 628 g/mol. The van der Waals surface area contributed by atoms with Crippen LogP contribution in [0.5, 0.6) is 5.75 Å². The van der Waals surface area contributed by atoms with Gasteiger partial charge in [0.25, 0.3) is 5.91 Å². The van der Waals surface area contributed by atoms with Crippen molar-refractivity contribution in [3.63, 3.8) is 0 Å². The minimum atomic E-state index is -3.97. The maximum absolute atomic E-state index is 13.6. The zero-order valence-electron chi connectivity index (χ0n) is 25.5. The molecule has 2 N–H and O–H groups in total. The maximum atomic E-state index is 13.6. The molecular formula is C34H45ClN2O5S. The number of hydrogen-bond acceptors (Lipinski definition) is 6. The van der Waals surface area contributed by atoms with Crippen molar-refractivity contribution in [1.29, 1.82) is 0 Å². The number of ether oxygens (including phenoxy) is 1. The zero-order valence-corrected chi connectivity index (χ0v) is 27.0. The van der Waals surface area contributed by atoms with E-state index < -0.39 is 27.3 Å². The molecule has 2 aromatic carbocycles. The van der Waals surface area contributed by atoms with E-state index in [-0.39, 0.29) is 23.3 Å². The number of hydrogen-bond donors (Lipinski definition) is 2. The first-order valence-electron chi connectivity index (χ1n) is 15.7. The topological polar surface area (TPSA) is 95.9 Å². The molecule has 0 spiro atoms. The highest BCUT2D eigenvalue weighted by Crippen LogP contribution is 2.41. The predicted octanol–water partition coefficient (Wildman–Crippen LogP) is 6.52. The van der Waals surface area contributed by atoms with Crippen LogP contribution in [-0.2, 0) is 23.1 Å². The first kappa shape index (κ1) is 31.9. The second-order valence-corrected chi connectivity index (χ2v) is 15.4. The quantitative estimate of drug-likeness (QED) is 0.368. The van der Waals surface area contributed by atoms with E-state index in [0.29, 0.717) is 36.1 Å². The lowest BCUT2D eigenvalue weighted by Crippen LogP contribution is -2.44. The van der Waals surface area contributed by atoms with Gasteiger partial charge in [-0.05, 0) is 110 Å². The number of nitrogens with zero attached hydrogens (tertiary/aromatic N) is 1. The number of sulfonamides is 1. The average Bonchev–Trinajstić information content (AvgIpc) is 2.96. The summed E-state index contributed by atoms with van der Waals surface area (Å²) in [4.78, 5) is 15.8. The van der Waals surface area contributed by atoms with Crippen LogP contribution < -0.4 is 14.4 Å². The summed E-state index contributed by atoms with van der Waals surface area (Å²) in [6.07, 6.45) is 8.89. The number of nitrogens with one attached hydrogen (secondary N) is 1. The largest absolute Gasteiger partial charge is 0.487 e. The number of carbonyl (C=O) groups is 1. The first-order valence-corrected chi connectivity index (χ1v) is 17.6. The molecule has 7 nitrogen and oxygen atoms in total. The minimum Gasteiger partial charge on any atom is -0.487 e. The van der Waals surface area contributed by atoms with Crippen molar-refractivity contribution >= 4 is 33.2 Å². The average molecular weight is 629 g/mol. The molecule has 9 heteroatoms. The van der Waals surface area contributed by atoms with Crippen LogP contribution in [0.15, 0.2) is 48.6 Å². The van der Waals surface area contributed by atoms with Gasteiger partial charge in [-0.1, -0.05) is 50.6 Å². The SMILES string of the molecule is CC(C)C[C@H]1[C@H](C)C/C=C/[C@H](O)[C@@H]2CC[C@H]2CN2CCCCc3cc(Cl)ccc3COc3ccc(cc32)C(=O)NS1(=O)=O. The minimum absolute atomic E-state index is 0.134. The predicted molar refractivity (Wildman–Crippen MR) is 172 cm³/mol. The third kappa shape index (κ3) is 7.58. The van der Waals surface area contributed by atoms with E-state index in [1.165, 1.54) is 5.56 Å². The van der Waals surface area contributed by atoms with Gasteiger partial charge < -0.3 is 14.7 Å². The third-order valence-corrected chi connectivity index (χ3v) is 11.6. The summed E-state index contributed by atoms with van der Waals surface area (Å²) in [6, 6.07) is 11.1. The number of fused-ring (bicyclic) bond motifs is 3. The van der Waals surface area contributed by atoms with E-state index in [4.69, 9.17) is 16.3 Å². The molecule has 5 atom stereocenters. The Morgan fingerprint density at radius 3 is 2.67 bits per heavy atom.